The van der Waals surface area contributed by atoms with E-state index in [4.69, 9.17) is 5.73 Å². The third-order valence-electron chi connectivity index (χ3n) is 1.40. The van der Waals surface area contributed by atoms with Crippen LogP contribution in [0.5, 0.6) is 0 Å². The van der Waals surface area contributed by atoms with Gasteiger partial charge in [-0.15, -0.1) is 0 Å². The van der Waals surface area contributed by atoms with Crippen molar-refractivity contribution in [1.82, 2.24) is 0 Å². The molecule has 4 nitrogen and oxygen atoms in total. The largest absolute Gasteiger partial charge is 0.466 e. The first-order valence-corrected chi connectivity index (χ1v) is 4.07. The Balaban J connectivity index is 3.30. The van der Waals surface area contributed by atoms with Crippen molar-refractivity contribution in [1.29, 1.82) is 0 Å². The highest BCUT2D eigenvalue weighted by Crippen LogP contribution is 1.99. The first-order chi connectivity index (χ1) is 5.70. The monoisotopic (exact) mass is 173 g/mol. The Bertz CT molecular complexity index is 147. The van der Waals surface area contributed by atoms with Crippen LogP contribution in [-0.4, -0.2) is 24.9 Å². The van der Waals surface area contributed by atoms with E-state index in [1.807, 2.05) is 0 Å². The maximum absolute atomic E-state index is 10.8. The molecule has 1 unspecified atom stereocenters. The lowest BCUT2D eigenvalue weighted by atomic mass is 10.1. The smallest absolute Gasteiger partial charge is 0.305 e. The van der Waals surface area contributed by atoms with Gasteiger partial charge in [-0.25, -0.2) is 0 Å². The first kappa shape index (κ1) is 11.1. The molecule has 0 saturated heterocycles. The molecule has 0 radical (unpaired) electrons. The summed E-state index contributed by atoms with van der Waals surface area (Å²) in [4.78, 5) is 20.8. The van der Waals surface area contributed by atoms with Crippen molar-refractivity contribution in [3.8, 4) is 0 Å². The zero-order chi connectivity index (χ0) is 9.40. The van der Waals surface area contributed by atoms with Crippen LogP contribution in [0.1, 0.15) is 26.2 Å². The topological polar surface area (TPSA) is 69.4 Å². The van der Waals surface area contributed by atoms with Crippen LogP contribution >= 0.6 is 0 Å². The molecule has 70 valence electrons. The predicted octanol–water partition coefficient (Wildman–Crippen LogP) is 0.246. The number of rotatable bonds is 6. The second kappa shape index (κ2) is 6.79. The standard InChI is InChI=1S/C8H15NO3/c1-2-12-8(11)5-3-4-7(9)6-10/h6-7H,2-5,9H2,1H3. The van der Waals surface area contributed by atoms with Crippen molar-refractivity contribution in [2.24, 2.45) is 5.73 Å². The van der Waals surface area contributed by atoms with Crippen molar-refractivity contribution in [3.63, 3.8) is 0 Å². The summed E-state index contributed by atoms with van der Waals surface area (Å²) in [6, 6.07) is -0.445. The van der Waals surface area contributed by atoms with Gasteiger partial charge in [0.2, 0.25) is 0 Å². The molecule has 0 rings (SSSR count). The summed E-state index contributed by atoms with van der Waals surface area (Å²) >= 11 is 0. The van der Waals surface area contributed by atoms with Crippen LogP contribution < -0.4 is 5.73 Å². The second-order valence-corrected chi connectivity index (χ2v) is 2.50. The molecule has 0 aliphatic heterocycles. The number of nitrogens with two attached hydrogens (primary N) is 1. The van der Waals surface area contributed by atoms with Crippen molar-refractivity contribution in [2.75, 3.05) is 6.61 Å². The van der Waals surface area contributed by atoms with Crippen molar-refractivity contribution < 1.29 is 14.3 Å². The lowest BCUT2D eigenvalue weighted by molar-refractivity contribution is -0.143. The highest BCUT2D eigenvalue weighted by Gasteiger charge is 2.04. The predicted molar refractivity (Wildman–Crippen MR) is 44.5 cm³/mol. The van der Waals surface area contributed by atoms with Gasteiger partial charge < -0.3 is 15.3 Å². The van der Waals surface area contributed by atoms with Crippen LogP contribution in [0.4, 0.5) is 0 Å². The fourth-order valence-electron chi connectivity index (χ4n) is 0.783. The molecule has 12 heavy (non-hydrogen) atoms. The van der Waals surface area contributed by atoms with Crippen LogP contribution in [0, 0.1) is 0 Å². The van der Waals surface area contributed by atoms with Gasteiger partial charge in [-0.05, 0) is 19.8 Å². The fraction of sp³-hybridized carbons (Fsp3) is 0.750. The molecule has 0 saturated carbocycles. The summed E-state index contributed by atoms with van der Waals surface area (Å²) in [5.41, 5.74) is 5.31. The third-order valence-corrected chi connectivity index (χ3v) is 1.40. The van der Waals surface area contributed by atoms with Crippen molar-refractivity contribution >= 4 is 12.3 Å². The number of esters is 1. The second-order valence-electron chi connectivity index (χ2n) is 2.50. The normalized spacial score (nSPS) is 12.2. The van der Waals surface area contributed by atoms with Gasteiger partial charge >= 0.3 is 5.97 Å². The number of hydrogen-bond donors (Lipinski definition) is 1. The minimum absolute atomic E-state index is 0.226. The SMILES string of the molecule is CCOC(=O)CCCC(N)C=O. The summed E-state index contributed by atoms with van der Waals surface area (Å²) in [6.07, 6.45) is 2.18. The van der Waals surface area contributed by atoms with Crippen LogP contribution in [0.3, 0.4) is 0 Å². The summed E-state index contributed by atoms with van der Waals surface area (Å²) in [6.45, 7) is 2.16. The molecular formula is C8H15NO3. The van der Waals surface area contributed by atoms with E-state index in [1.54, 1.807) is 6.92 Å². The fourth-order valence-corrected chi connectivity index (χ4v) is 0.783. The molecule has 0 heterocycles. The Hall–Kier alpha value is -0.900. The van der Waals surface area contributed by atoms with Gasteiger partial charge in [-0.1, -0.05) is 0 Å². The Morgan fingerprint density at radius 2 is 2.33 bits per heavy atom. The Kier molecular flexibility index (Phi) is 6.28. The van der Waals surface area contributed by atoms with Gasteiger partial charge in [0, 0.05) is 6.42 Å². The lowest BCUT2D eigenvalue weighted by Gasteiger charge is -2.03. The zero-order valence-electron chi connectivity index (χ0n) is 7.29. The average molecular weight is 173 g/mol. The van der Waals surface area contributed by atoms with Gasteiger partial charge in [0.15, 0.2) is 0 Å². The maximum Gasteiger partial charge on any atom is 0.305 e. The van der Waals surface area contributed by atoms with Crippen LogP contribution in [0.15, 0.2) is 0 Å². The number of aldehydes is 1. The van der Waals surface area contributed by atoms with E-state index in [2.05, 4.69) is 4.74 Å². The molecule has 0 amide bonds. The zero-order valence-corrected chi connectivity index (χ0v) is 7.29. The van der Waals surface area contributed by atoms with Crippen molar-refractivity contribution in [2.45, 2.75) is 32.2 Å². The van der Waals surface area contributed by atoms with Gasteiger partial charge in [-0.2, -0.15) is 0 Å². The highest BCUT2D eigenvalue weighted by atomic mass is 16.5. The third kappa shape index (κ3) is 5.85. The molecule has 1 atom stereocenters. The number of hydrogen-bond acceptors (Lipinski definition) is 4. The van der Waals surface area contributed by atoms with Gasteiger partial charge in [0.05, 0.1) is 12.6 Å². The van der Waals surface area contributed by atoms with E-state index in [-0.39, 0.29) is 5.97 Å². The average Bonchev–Trinajstić information content (AvgIpc) is 2.04. The molecule has 4 heteroatoms. The van der Waals surface area contributed by atoms with Gasteiger partial charge in [0.25, 0.3) is 0 Å². The summed E-state index contributed by atoms with van der Waals surface area (Å²) < 4.78 is 4.69. The maximum atomic E-state index is 10.8. The lowest BCUT2D eigenvalue weighted by Crippen LogP contribution is -2.21. The van der Waals surface area contributed by atoms with Crippen LogP contribution in [-0.2, 0) is 14.3 Å². The summed E-state index contributed by atoms with van der Waals surface area (Å²) in [5.74, 6) is -0.226. The Morgan fingerprint density at radius 3 is 2.83 bits per heavy atom. The summed E-state index contributed by atoms with van der Waals surface area (Å²) in [7, 11) is 0. The van der Waals surface area contributed by atoms with E-state index in [0.717, 1.165) is 0 Å². The minimum Gasteiger partial charge on any atom is -0.466 e. The van der Waals surface area contributed by atoms with E-state index in [0.29, 0.717) is 32.2 Å². The summed E-state index contributed by atoms with van der Waals surface area (Å²) in [5, 5.41) is 0. The van der Waals surface area contributed by atoms with E-state index < -0.39 is 6.04 Å². The molecule has 0 aromatic rings. The molecule has 0 aliphatic carbocycles. The molecule has 0 spiro atoms. The van der Waals surface area contributed by atoms with Crippen LogP contribution in [0.25, 0.3) is 0 Å². The van der Waals surface area contributed by atoms with Crippen molar-refractivity contribution in [3.05, 3.63) is 0 Å². The number of ether oxygens (including phenoxy) is 1. The molecule has 0 aliphatic rings. The minimum atomic E-state index is -0.445. The Morgan fingerprint density at radius 1 is 1.67 bits per heavy atom. The molecule has 0 aromatic carbocycles. The molecule has 2 N–H and O–H groups in total. The Labute approximate surface area is 72.1 Å². The molecule has 0 fully saturated rings. The van der Waals surface area contributed by atoms with Gasteiger partial charge in [0.1, 0.15) is 6.29 Å². The van der Waals surface area contributed by atoms with E-state index in [9.17, 15) is 9.59 Å². The number of carbonyl (C=O) groups excluding carboxylic acids is 2. The highest BCUT2D eigenvalue weighted by molar-refractivity contribution is 5.69. The van der Waals surface area contributed by atoms with Gasteiger partial charge in [-0.3, -0.25) is 4.79 Å². The quantitative estimate of drug-likeness (QED) is 0.461. The van der Waals surface area contributed by atoms with E-state index in [1.165, 1.54) is 0 Å². The molecule has 0 aromatic heterocycles. The molecular weight excluding hydrogens is 158 g/mol. The molecule has 0 bridgehead atoms. The number of carbonyl (C=O) groups is 2. The van der Waals surface area contributed by atoms with E-state index >= 15 is 0 Å². The van der Waals surface area contributed by atoms with Crippen LogP contribution in [0.2, 0.25) is 0 Å². The first-order valence-electron chi connectivity index (χ1n) is 4.07.